The molecule has 1 amide bonds. The summed E-state index contributed by atoms with van der Waals surface area (Å²) in [6.07, 6.45) is 1.03. The fourth-order valence-electron chi connectivity index (χ4n) is 4.00. The number of halogens is 1. The minimum absolute atomic E-state index is 0.286. The van der Waals surface area contributed by atoms with Crippen LogP contribution >= 0.6 is 11.6 Å². The summed E-state index contributed by atoms with van der Waals surface area (Å²) in [7, 11) is 0. The van der Waals surface area contributed by atoms with Crippen molar-refractivity contribution in [3.05, 3.63) is 63.7 Å². The fourth-order valence-corrected chi connectivity index (χ4v) is 4.37. The first-order chi connectivity index (χ1) is 12.2. The number of carbonyl (C=O) groups excluding carboxylic acids is 1. The van der Waals surface area contributed by atoms with Gasteiger partial charge in [-0.05, 0) is 53.1 Å². The standard InChI is InChI=1S/C22H27ClN2O/c1-14-11-17(25-10-9-15-7-5-6-8-16(15)13-25)12-18(23)19(14)20(21(24)26)22(2,3)4/h5-8,11-12,20H,9-10,13H2,1-4H3,(H2,24,26). The summed E-state index contributed by atoms with van der Waals surface area (Å²) in [4.78, 5) is 14.5. The summed E-state index contributed by atoms with van der Waals surface area (Å²) in [6.45, 7) is 9.92. The maximum atomic E-state index is 12.1. The van der Waals surface area contributed by atoms with E-state index in [9.17, 15) is 4.79 Å². The zero-order valence-corrected chi connectivity index (χ0v) is 16.7. The van der Waals surface area contributed by atoms with Gasteiger partial charge in [-0.25, -0.2) is 0 Å². The molecular formula is C22H27ClN2O. The Morgan fingerprint density at radius 2 is 1.85 bits per heavy atom. The van der Waals surface area contributed by atoms with Gasteiger partial charge in [-0.1, -0.05) is 56.6 Å². The van der Waals surface area contributed by atoms with Crippen LogP contribution in [0.3, 0.4) is 0 Å². The van der Waals surface area contributed by atoms with Crippen LogP contribution < -0.4 is 10.6 Å². The van der Waals surface area contributed by atoms with Gasteiger partial charge < -0.3 is 10.6 Å². The molecule has 2 aromatic rings. The average molecular weight is 371 g/mol. The summed E-state index contributed by atoms with van der Waals surface area (Å²) >= 11 is 6.66. The highest BCUT2D eigenvalue weighted by Crippen LogP contribution is 2.42. The Bertz CT molecular complexity index is 815. The van der Waals surface area contributed by atoms with Crippen LogP contribution in [-0.4, -0.2) is 12.5 Å². The molecule has 0 saturated carbocycles. The van der Waals surface area contributed by atoms with E-state index < -0.39 is 5.92 Å². The Labute approximate surface area is 161 Å². The van der Waals surface area contributed by atoms with Crippen LogP contribution in [0.25, 0.3) is 0 Å². The van der Waals surface area contributed by atoms with Gasteiger partial charge in [-0.15, -0.1) is 0 Å². The predicted octanol–water partition coefficient (Wildman–Crippen LogP) is 4.83. The minimum Gasteiger partial charge on any atom is -0.369 e. The average Bonchev–Trinajstić information content (AvgIpc) is 2.55. The molecule has 4 heteroatoms. The van der Waals surface area contributed by atoms with E-state index in [0.717, 1.165) is 36.3 Å². The van der Waals surface area contributed by atoms with Crippen molar-refractivity contribution in [2.24, 2.45) is 11.1 Å². The van der Waals surface area contributed by atoms with Crippen LogP contribution in [0, 0.1) is 12.3 Å². The summed E-state index contributed by atoms with van der Waals surface area (Å²) in [6, 6.07) is 12.7. The quantitative estimate of drug-likeness (QED) is 0.841. The summed E-state index contributed by atoms with van der Waals surface area (Å²) in [5.41, 5.74) is 11.2. The second kappa shape index (κ2) is 6.96. The molecular weight excluding hydrogens is 344 g/mol. The molecule has 0 saturated heterocycles. The lowest BCUT2D eigenvalue weighted by Crippen LogP contribution is -2.33. The van der Waals surface area contributed by atoms with Gasteiger partial charge in [0.1, 0.15) is 0 Å². The van der Waals surface area contributed by atoms with Gasteiger partial charge in [0.15, 0.2) is 0 Å². The second-order valence-electron chi connectivity index (χ2n) is 8.30. The first-order valence-electron chi connectivity index (χ1n) is 9.09. The zero-order chi connectivity index (χ0) is 19.1. The molecule has 138 valence electrons. The molecule has 2 N–H and O–H groups in total. The number of primary amides is 1. The molecule has 3 nitrogen and oxygen atoms in total. The molecule has 1 atom stereocenters. The van der Waals surface area contributed by atoms with Crippen molar-refractivity contribution in [1.82, 2.24) is 0 Å². The molecule has 0 radical (unpaired) electrons. The van der Waals surface area contributed by atoms with Crippen LogP contribution in [0.2, 0.25) is 5.02 Å². The lowest BCUT2D eigenvalue weighted by Gasteiger charge is -2.33. The molecule has 26 heavy (non-hydrogen) atoms. The lowest BCUT2D eigenvalue weighted by atomic mass is 9.74. The second-order valence-corrected chi connectivity index (χ2v) is 8.71. The fraction of sp³-hybridized carbons (Fsp3) is 0.409. The molecule has 0 fully saturated rings. The Hall–Kier alpha value is -2.00. The summed E-state index contributed by atoms with van der Waals surface area (Å²) in [5, 5.41) is 0.623. The third kappa shape index (κ3) is 3.59. The van der Waals surface area contributed by atoms with E-state index in [1.54, 1.807) is 0 Å². The van der Waals surface area contributed by atoms with Crippen LogP contribution in [0.5, 0.6) is 0 Å². The number of hydrogen-bond donors (Lipinski definition) is 1. The topological polar surface area (TPSA) is 46.3 Å². The van der Waals surface area contributed by atoms with Gasteiger partial charge in [0.05, 0.1) is 5.92 Å². The molecule has 1 heterocycles. The molecule has 0 aliphatic carbocycles. The van der Waals surface area contributed by atoms with Gasteiger partial charge in [0.2, 0.25) is 5.91 Å². The van der Waals surface area contributed by atoms with Gasteiger partial charge in [0.25, 0.3) is 0 Å². The molecule has 2 aromatic carbocycles. The van der Waals surface area contributed by atoms with E-state index >= 15 is 0 Å². The Balaban J connectivity index is 1.97. The van der Waals surface area contributed by atoms with E-state index in [4.69, 9.17) is 17.3 Å². The van der Waals surface area contributed by atoms with Gasteiger partial charge in [-0.3, -0.25) is 4.79 Å². The summed E-state index contributed by atoms with van der Waals surface area (Å²) < 4.78 is 0. The number of anilines is 1. The first-order valence-corrected chi connectivity index (χ1v) is 9.47. The number of hydrogen-bond acceptors (Lipinski definition) is 2. The monoisotopic (exact) mass is 370 g/mol. The molecule has 1 aliphatic heterocycles. The Kier molecular flexibility index (Phi) is 5.03. The number of nitrogens with two attached hydrogens (primary N) is 1. The highest BCUT2D eigenvalue weighted by atomic mass is 35.5. The van der Waals surface area contributed by atoms with Crippen LogP contribution in [0.4, 0.5) is 5.69 Å². The van der Waals surface area contributed by atoms with Gasteiger partial charge >= 0.3 is 0 Å². The zero-order valence-electron chi connectivity index (χ0n) is 16.0. The molecule has 0 spiro atoms. The Morgan fingerprint density at radius 1 is 1.19 bits per heavy atom. The number of nitrogens with zero attached hydrogens (tertiary/aromatic N) is 1. The maximum absolute atomic E-state index is 12.1. The van der Waals surface area contributed by atoms with Gasteiger partial charge in [0, 0.05) is 23.8 Å². The SMILES string of the molecule is Cc1cc(N2CCc3ccccc3C2)cc(Cl)c1C(C(N)=O)C(C)(C)C. The van der Waals surface area contributed by atoms with Crippen molar-refractivity contribution >= 4 is 23.2 Å². The maximum Gasteiger partial charge on any atom is 0.225 e. The highest BCUT2D eigenvalue weighted by molar-refractivity contribution is 6.32. The minimum atomic E-state index is -0.411. The number of rotatable bonds is 3. The first kappa shape index (κ1) is 18.8. The number of carbonyl (C=O) groups is 1. The number of amides is 1. The van der Waals surface area contributed by atoms with Crippen molar-refractivity contribution in [2.75, 3.05) is 11.4 Å². The van der Waals surface area contributed by atoms with Crippen LogP contribution in [0.15, 0.2) is 36.4 Å². The molecule has 0 bridgehead atoms. The van der Waals surface area contributed by atoms with Crippen LogP contribution in [-0.2, 0) is 17.8 Å². The number of aryl methyl sites for hydroxylation is 1. The van der Waals surface area contributed by atoms with Crippen molar-refractivity contribution in [1.29, 1.82) is 0 Å². The largest absolute Gasteiger partial charge is 0.369 e. The predicted molar refractivity (Wildman–Crippen MR) is 109 cm³/mol. The van der Waals surface area contributed by atoms with Crippen molar-refractivity contribution in [3.63, 3.8) is 0 Å². The lowest BCUT2D eigenvalue weighted by molar-refractivity contribution is -0.121. The van der Waals surface area contributed by atoms with E-state index in [1.807, 2.05) is 33.8 Å². The number of fused-ring (bicyclic) bond motifs is 1. The van der Waals surface area contributed by atoms with Crippen molar-refractivity contribution in [2.45, 2.75) is 46.6 Å². The molecule has 1 aliphatic rings. The molecule has 0 aromatic heterocycles. The van der Waals surface area contributed by atoms with E-state index in [1.165, 1.54) is 11.1 Å². The third-order valence-corrected chi connectivity index (χ3v) is 5.57. The molecule has 3 rings (SSSR count). The van der Waals surface area contributed by atoms with E-state index in [0.29, 0.717) is 5.02 Å². The van der Waals surface area contributed by atoms with Crippen LogP contribution in [0.1, 0.15) is 48.9 Å². The summed E-state index contributed by atoms with van der Waals surface area (Å²) in [5.74, 6) is -0.742. The number of benzene rings is 2. The third-order valence-electron chi connectivity index (χ3n) is 5.26. The Morgan fingerprint density at radius 3 is 2.42 bits per heavy atom. The smallest absolute Gasteiger partial charge is 0.225 e. The van der Waals surface area contributed by atoms with E-state index in [-0.39, 0.29) is 11.3 Å². The molecule has 1 unspecified atom stereocenters. The normalized spacial score (nSPS) is 15.5. The highest BCUT2D eigenvalue weighted by Gasteiger charge is 2.34. The van der Waals surface area contributed by atoms with E-state index in [2.05, 4.69) is 35.2 Å². The van der Waals surface area contributed by atoms with Crippen molar-refractivity contribution < 1.29 is 4.79 Å². The van der Waals surface area contributed by atoms with Crippen molar-refractivity contribution in [3.8, 4) is 0 Å². The van der Waals surface area contributed by atoms with Gasteiger partial charge in [-0.2, -0.15) is 0 Å².